The zero-order chi connectivity index (χ0) is 26.9. The zero-order valence-electron chi connectivity index (χ0n) is 21.2. The number of fused-ring (bicyclic) bond motifs is 5. The van der Waals surface area contributed by atoms with E-state index in [0.717, 1.165) is 5.69 Å². The van der Waals surface area contributed by atoms with Crippen LogP contribution in [0.25, 0.3) is 11.0 Å². The van der Waals surface area contributed by atoms with Crippen molar-refractivity contribution in [2.24, 2.45) is 12.5 Å². The Bertz CT molecular complexity index is 1510. The van der Waals surface area contributed by atoms with E-state index in [0.29, 0.717) is 12.0 Å². The summed E-state index contributed by atoms with van der Waals surface area (Å²) in [6.45, 7) is 3.78. The third-order valence-electron chi connectivity index (χ3n) is 8.02. The Hall–Kier alpha value is -3.93. The average molecular weight is 525 g/mol. The van der Waals surface area contributed by atoms with E-state index in [2.05, 4.69) is 15.6 Å². The fraction of sp³-hybridized carbons (Fsp3) is 0.462. The number of hydrogen-bond donors (Lipinski definition) is 2. The molecule has 0 radical (unpaired) electrons. The number of amides is 2. The van der Waals surface area contributed by atoms with E-state index in [4.69, 9.17) is 9.26 Å². The summed E-state index contributed by atoms with van der Waals surface area (Å²) in [5.41, 5.74) is -0.327. The molecular formula is C26H27FN5O6+. The highest BCUT2D eigenvalue weighted by molar-refractivity contribution is 6.22. The van der Waals surface area contributed by atoms with Gasteiger partial charge in [-0.05, 0) is 31.9 Å². The molecule has 0 aliphatic carbocycles. The molecule has 2 fully saturated rings. The molecule has 5 heterocycles. The first-order valence-electron chi connectivity index (χ1n) is 12.6. The first-order chi connectivity index (χ1) is 18.1. The number of aromatic amines is 1. The molecule has 198 valence electrons. The number of aryl methyl sites for hydroxylation is 2. The maximum absolute atomic E-state index is 16.2. The largest absolute Gasteiger partial charge is 0.372 e. The van der Waals surface area contributed by atoms with E-state index >= 15 is 4.39 Å². The Morgan fingerprint density at radius 2 is 2.11 bits per heavy atom. The van der Waals surface area contributed by atoms with E-state index in [1.54, 1.807) is 28.8 Å². The Kier molecular flexibility index (Phi) is 5.49. The number of nitrogens with zero attached hydrogens (tertiary/aromatic N) is 3. The number of halogens is 1. The molecule has 2 N–H and O–H groups in total. The van der Waals surface area contributed by atoms with Gasteiger partial charge in [0.25, 0.3) is 0 Å². The van der Waals surface area contributed by atoms with Gasteiger partial charge in [-0.3, -0.25) is 24.5 Å². The molecule has 2 aromatic heterocycles. The summed E-state index contributed by atoms with van der Waals surface area (Å²) < 4.78 is 29.3. The van der Waals surface area contributed by atoms with Crippen LogP contribution in [-0.4, -0.2) is 58.4 Å². The number of ether oxygens (including phenoxy) is 1. The number of H-pyrrole nitrogens is 1. The number of morpholine rings is 1. The molecule has 0 bridgehead atoms. The highest BCUT2D eigenvalue weighted by Gasteiger charge is 2.62. The first kappa shape index (κ1) is 24.4. The number of imide groups is 1. The molecule has 4 atom stereocenters. The van der Waals surface area contributed by atoms with Crippen LogP contribution < -0.4 is 14.9 Å². The van der Waals surface area contributed by atoms with Gasteiger partial charge in [0.1, 0.15) is 5.41 Å². The van der Waals surface area contributed by atoms with Crippen molar-refractivity contribution in [2.45, 2.75) is 57.8 Å². The number of rotatable bonds is 4. The predicted molar refractivity (Wildman–Crippen MR) is 129 cm³/mol. The van der Waals surface area contributed by atoms with Crippen LogP contribution in [0.2, 0.25) is 0 Å². The van der Waals surface area contributed by atoms with Gasteiger partial charge in [-0.25, -0.2) is 4.39 Å². The quantitative estimate of drug-likeness (QED) is 0.224. The normalized spacial score (nSPS) is 27.0. The molecule has 1 aromatic carbocycles. The van der Waals surface area contributed by atoms with Crippen LogP contribution in [0.15, 0.2) is 22.9 Å². The van der Waals surface area contributed by atoms with Crippen LogP contribution in [0.4, 0.5) is 10.1 Å². The summed E-state index contributed by atoms with van der Waals surface area (Å²) in [7, 11) is 1.83. The third-order valence-corrected chi connectivity index (χ3v) is 8.02. The van der Waals surface area contributed by atoms with Crippen LogP contribution in [0, 0.1) is 11.2 Å². The lowest BCUT2D eigenvalue weighted by molar-refractivity contribution is -0.733. The highest BCUT2D eigenvalue weighted by atomic mass is 19.1. The van der Waals surface area contributed by atoms with E-state index in [1.165, 1.54) is 0 Å². The molecule has 6 rings (SSSR count). The van der Waals surface area contributed by atoms with Crippen molar-refractivity contribution in [3.05, 3.63) is 41.1 Å². The van der Waals surface area contributed by atoms with Gasteiger partial charge in [0, 0.05) is 25.5 Å². The van der Waals surface area contributed by atoms with E-state index in [1.807, 2.05) is 20.0 Å². The maximum Gasteiger partial charge on any atom is 0.242 e. The molecule has 3 aromatic rings. The minimum atomic E-state index is -1.65. The highest BCUT2D eigenvalue weighted by Crippen LogP contribution is 2.50. The molecule has 1 unspecified atom stereocenters. The molecule has 38 heavy (non-hydrogen) atoms. The van der Waals surface area contributed by atoms with Gasteiger partial charge < -0.3 is 14.2 Å². The minimum Gasteiger partial charge on any atom is -0.372 e. The lowest BCUT2D eigenvalue weighted by Gasteiger charge is -2.55. The molecule has 1 spiro atoms. The number of anilines is 1. The van der Waals surface area contributed by atoms with Crippen LogP contribution in [0.1, 0.15) is 48.4 Å². The van der Waals surface area contributed by atoms with Gasteiger partial charge in [0.05, 0.1) is 41.9 Å². The number of aromatic nitrogens is 3. The number of ketones is 2. The monoisotopic (exact) mass is 524 g/mol. The van der Waals surface area contributed by atoms with Crippen LogP contribution in [0.5, 0.6) is 0 Å². The first-order valence-corrected chi connectivity index (χ1v) is 12.6. The standard InChI is InChI=1S/C26H26FN5O6/c1-12-11-32-22-14(10-26(24(32)13(2)37-12)18(34)9-19(35)29-25(26)36)8-16-21(30-38-23(16)20(22)27)17(33)5-4-15-6-7-28-31(15)3/h6-8,12-13,24H,4-5,9-11H2,1-3H3,(H,29,35,36)/p+1/t12-,13+,24-,26?/m1/s1. The van der Waals surface area contributed by atoms with Crippen molar-refractivity contribution < 1.29 is 37.5 Å². The van der Waals surface area contributed by atoms with Gasteiger partial charge in [-0.1, -0.05) is 5.16 Å². The van der Waals surface area contributed by atoms with Crippen LogP contribution >= 0.6 is 0 Å². The van der Waals surface area contributed by atoms with E-state index in [9.17, 15) is 19.2 Å². The van der Waals surface area contributed by atoms with Crippen molar-refractivity contribution in [3.8, 4) is 0 Å². The van der Waals surface area contributed by atoms with E-state index < -0.39 is 47.4 Å². The molecule has 11 nitrogen and oxygen atoms in total. The smallest absolute Gasteiger partial charge is 0.242 e. The van der Waals surface area contributed by atoms with Gasteiger partial charge in [-0.15, -0.1) is 4.68 Å². The lowest BCUT2D eigenvalue weighted by atomic mass is 9.63. The van der Waals surface area contributed by atoms with Crippen molar-refractivity contribution >= 4 is 40.0 Å². The maximum atomic E-state index is 16.2. The molecule has 3 aliphatic rings. The van der Waals surface area contributed by atoms with Gasteiger partial charge >= 0.3 is 0 Å². The topological polar surface area (TPSA) is 138 Å². The second-order valence-corrected chi connectivity index (χ2v) is 10.4. The number of Topliss-reactive ketones (excluding diaryl/α,β-unsaturated/α-hetero) is 2. The summed E-state index contributed by atoms with van der Waals surface area (Å²) >= 11 is 0. The predicted octanol–water partition coefficient (Wildman–Crippen LogP) is 1.08. The van der Waals surface area contributed by atoms with Crippen molar-refractivity contribution in [1.29, 1.82) is 0 Å². The fourth-order valence-corrected chi connectivity index (χ4v) is 6.40. The average Bonchev–Trinajstić information content (AvgIpc) is 3.46. The van der Waals surface area contributed by atoms with Crippen LogP contribution in [-0.2, 0) is 39.0 Å². The Balaban J connectivity index is 1.46. The molecule has 2 amide bonds. The zero-order valence-corrected chi connectivity index (χ0v) is 21.2. The number of carbonyl (C=O) groups excluding carboxylic acids is 4. The van der Waals surface area contributed by atoms with Crippen molar-refractivity contribution in [3.63, 3.8) is 0 Å². The summed E-state index contributed by atoms with van der Waals surface area (Å²) in [4.78, 5) is 53.6. The SMILES string of the molecule is C[C@@H]1CN2c3c(cc4c(C(=O)CCc5cc[nH][n+]5C)noc4c3F)CC3(C(=O)CC(=O)NC3=O)[C@H]2[C@H](C)O1. The second kappa shape index (κ2) is 8.55. The molecule has 3 aliphatic heterocycles. The Labute approximate surface area is 216 Å². The molecule has 2 saturated heterocycles. The van der Waals surface area contributed by atoms with Crippen LogP contribution in [0.3, 0.4) is 0 Å². The fourth-order valence-electron chi connectivity index (χ4n) is 6.40. The summed E-state index contributed by atoms with van der Waals surface area (Å²) in [5, 5.41) is 9.41. The number of piperidine rings is 1. The van der Waals surface area contributed by atoms with Crippen molar-refractivity contribution in [1.82, 2.24) is 15.6 Å². The summed E-state index contributed by atoms with van der Waals surface area (Å²) in [5.74, 6) is -2.94. The Morgan fingerprint density at radius 1 is 1.32 bits per heavy atom. The Morgan fingerprint density at radius 3 is 2.82 bits per heavy atom. The summed E-state index contributed by atoms with van der Waals surface area (Å²) in [6, 6.07) is 2.62. The van der Waals surface area contributed by atoms with Gasteiger partial charge in [0.2, 0.25) is 23.1 Å². The number of benzene rings is 1. The second-order valence-electron chi connectivity index (χ2n) is 10.4. The van der Waals surface area contributed by atoms with Gasteiger partial charge in [0.15, 0.2) is 30.1 Å². The van der Waals surface area contributed by atoms with Gasteiger partial charge in [-0.2, -0.15) is 5.10 Å². The number of nitrogens with one attached hydrogen (secondary N) is 2. The van der Waals surface area contributed by atoms with E-state index in [-0.39, 0.29) is 53.6 Å². The lowest BCUT2D eigenvalue weighted by Crippen LogP contribution is -2.72. The molecule has 0 saturated carbocycles. The molecular weight excluding hydrogens is 497 g/mol. The summed E-state index contributed by atoms with van der Waals surface area (Å²) in [6.07, 6.45) is 0.813. The third kappa shape index (κ3) is 3.43. The number of carbonyl (C=O) groups is 4. The number of hydrogen-bond acceptors (Lipinski definition) is 8. The van der Waals surface area contributed by atoms with Crippen molar-refractivity contribution in [2.75, 3.05) is 11.4 Å². The minimum absolute atomic E-state index is 0.00521. The molecule has 12 heteroatoms.